The van der Waals surface area contributed by atoms with Crippen LogP contribution in [0, 0.1) is 0 Å². The van der Waals surface area contributed by atoms with E-state index in [9.17, 15) is 4.79 Å². The molecule has 2 aromatic heterocycles. The standard InChI is InChI=1S/C17H11N3O3S/c1-22-10-2-3-14-12(6-10)16(21)15(23-14)7-11-8-20-17(24-11)13-9-18-4-5-19-13/h2-9H,1H3/b15-7-. The number of carbonyl (C=O) groups excluding carboxylic acids is 1. The summed E-state index contributed by atoms with van der Waals surface area (Å²) in [4.78, 5) is 25.8. The average Bonchev–Trinajstić information content (AvgIpc) is 3.21. The fourth-order valence-corrected chi connectivity index (χ4v) is 3.12. The Labute approximate surface area is 141 Å². The Balaban J connectivity index is 1.63. The molecule has 0 spiro atoms. The third-order valence-corrected chi connectivity index (χ3v) is 4.42. The van der Waals surface area contributed by atoms with Gasteiger partial charge in [0, 0.05) is 24.7 Å². The van der Waals surface area contributed by atoms with E-state index >= 15 is 0 Å². The highest BCUT2D eigenvalue weighted by molar-refractivity contribution is 7.15. The van der Waals surface area contributed by atoms with Crippen molar-refractivity contribution >= 4 is 23.2 Å². The van der Waals surface area contributed by atoms with Crippen molar-refractivity contribution in [2.45, 2.75) is 0 Å². The summed E-state index contributed by atoms with van der Waals surface area (Å²) in [5, 5.41) is 0.736. The van der Waals surface area contributed by atoms with E-state index in [4.69, 9.17) is 9.47 Å². The quantitative estimate of drug-likeness (QED) is 0.683. The van der Waals surface area contributed by atoms with Crippen LogP contribution < -0.4 is 9.47 Å². The zero-order valence-corrected chi connectivity index (χ0v) is 13.4. The first-order valence-electron chi connectivity index (χ1n) is 7.09. The number of aromatic nitrogens is 3. The van der Waals surface area contributed by atoms with Crippen molar-refractivity contribution in [1.29, 1.82) is 0 Å². The summed E-state index contributed by atoms with van der Waals surface area (Å²) in [5.74, 6) is 1.26. The fraction of sp³-hybridized carbons (Fsp3) is 0.0588. The lowest BCUT2D eigenvalue weighted by molar-refractivity contribution is 0.101. The van der Waals surface area contributed by atoms with Gasteiger partial charge in [-0.3, -0.25) is 14.8 Å². The predicted octanol–water partition coefficient (Wildman–Crippen LogP) is 3.22. The minimum atomic E-state index is -0.168. The van der Waals surface area contributed by atoms with E-state index < -0.39 is 0 Å². The number of fused-ring (bicyclic) bond motifs is 1. The van der Waals surface area contributed by atoms with E-state index in [0.717, 1.165) is 9.88 Å². The van der Waals surface area contributed by atoms with Gasteiger partial charge in [-0.05, 0) is 18.2 Å². The number of allylic oxidation sites excluding steroid dienone is 1. The first-order valence-corrected chi connectivity index (χ1v) is 7.91. The Morgan fingerprint density at radius 2 is 2.12 bits per heavy atom. The number of thiazole rings is 1. The van der Waals surface area contributed by atoms with E-state index in [-0.39, 0.29) is 11.5 Å². The SMILES string of the molecule is COc1ccc2c(c1)C(=O)/C(=C/c1cnc(-c3cnccn3)s1)O2. The average molecular weight is 337 g/mol. The molecule has 0 atom stereocenters. The molecule has 1 aliphatic rings. The molecular weight excluding hydrogens is 326 g/mol. The molecule has 4 rings (SSSR count). The van der Waals surface area contributed by atoms with Crippen molar-refractivity contribution in [2.75, 3.05) is 7.11 Å². The number of hydrogen-bond acceptors (Lipinski definition) is 7. The van der Waals surface area contributed by atoms with Gasteiger partial charge in [0.1, 0.15) is 22.2 Å². The van der Waals surface area contributed by atoms with Gasteiger partial charge in [-0.1, -0.05) is 0 Å². The van der Waals surface area contributed by atoms with Crippen LogP contribution in [0.1, 0.15) is 15.2 Å². The topological polar surface area (TPSA) is 74.2 Å². The Hall–Kier alpha value is -3.06. The maximum absolute atomic E-state index is 12.5. The van der Waals surface area contributed by atoms with E-state index in [1.54, 1.807) is 56.2 Å². The predicted molar refractivity (Wildman–Crippen MR) is 89.1 cm³/mol. The smallest absolute Gasteiger partial charge is 0.232 e. The Morgan fingerprint density at radius 1 is 1.21 bits per heavy atom. The van der Waals surface area contributed by atoms with Crippen LogP contribution >= 0.6 is 11.3 Å². The number of rotatable bonds is 3. The molecule has 3 heterocycles. The van der Waals surface area contributed by atoms with Crippen LogP contribution in [0.4, 0.5) is 0 Å². The van der Waals surface area contributed by atoms with Gasteiger partial charge in [-0.2, -0.15) is 0 Å². The van der Waals surface area contributed by atoms with Crippen molar-refractivity contribution in [3.63, 3.8) is 0 Å². The summed E-state index contributed by atoms with van der Waals surface area (Å²) in [5.41, 5.74) is 1.19. The summed E-state index contributed by atoms with van der Waals surface area (Å²) in [7, 11) is 1.56. The summed E-state index contributed by atoms with van der Waals surface area (Å²) in [6.07, 6.45) is 8.24. The Morgan fingerprint density at radius 3 is 2.92 bits per heavy atom. The molecule has 118 valence electrons. The number of ketones is 1. The van der Waals surface area contributed by atoms with Crippen molar-refractivity contribution in [3.05, 3.63) is 59.2 Å². The molecule has 1 aromatic carbocycles. The van der Waals surface area contributed by atoms with Gasteiger partial charge in [-0.25, -0.2) is 4.98 Å². The van der Waals surface area contributed by atoms with Gasteiger partial charge in [0.25, 0.3) is 0 Å². The maximum atomic E-state index is 12.5. The molecule has 3 aromatic rings. The number of Topliss-reactive ketones (excluding diaryl/α,β-unsaturated/α-hetero) is 1. The lowest BCUT2D eigenvalue weighted by Gasteiger charge is -2.00. The van der Waals surface area contributed by atoms with Crippen LogP contribution in [0.2, 0.25) is 0 Å². The second-order valence-electron chi connectivity index (χ2n) is 4.96. The molecular formula is C17H11N3O3S. The molecule has 0 amide bonds. The van der Waals surface area contributed by atoms with Crippen molar-refractivity contribution < 1.29 is 14.3 Å². The molecule has 0 fully saturated rings. The van der Waals surface area contributed by atoms with E-state index in [1.165, 1.54) is 11.3 Å². The highest BCUT2D eigenvalue weighted by atomic mass is 32.1. The van der Waals surface area contributed by atoms with Crippen LogP contribution in [0.5, 0.6) is 11.5 Å². The maximum Gasteiger partial charge on any atom is 0.232 e. The first kappa shape index (κ1) is 14.5. The zero-order valence-electron chi connectivity index (χ0n) is 12.6. The highest BCUT2D eigenvalue weighted by Gasteiger charge is 2.28. The van der Waals surface area contributed by atoms with Gasteiger partial charge >= 0.3 is 0 Å². The zero-order chi connectivity index (χ0) is 16.5. The van der Waals surface area contributed by atoms with Crippen LogP contribution in [0.3, 0.4) is 0 Å². The molecule has 0 aliphatic carbocycles. The van der Waals surface area contributed by atoms with Gasteiger partial charge in [0.15, 0.2) is 5.76 Å². The number of ether oxygens (including phenoxy) is 2. The molecule has 24 heavy (non-hydrogen) atoms. The third-order valence-electron chi connectivity index (χ3n) is 3.45. The number of nitrogens with zero attached hydrogens (tertiary/aromatic N) is 3. The minimum absolute atomic E-state index is 0.168. The minimum Gasteiger partial charge on any atom is -0.497 e. The summed E-state index contributed by atoms with van der Waals surface area (Å²) in [6, 6.07) is 5.16. The molecule has 0 N–H and O–H groups in total. The van der Waals surface area contributed by atoms with Crippen LogP contribution in [0.15, 0.2) is 48.7 Å². The molecule has 7 heteroatoms. The third kappa shape index (κ3) is 2.55. The first-order chi connectivity index (χ1) is 11.7. The summed E-state index contributed by atoms with van der Waals surface area (Å²) >= 11 is 1.41. The van der Waals surface area contributed by atoms with Crippen molar-refractivity contribution in [3.8, 4) is 22.2 Å². The van der Waals surface area contributed by atoms with Gasteiger partial charge in [-0.15, -0.1) is 11.3 Å². The number of hydrogen-bond donors (Lipinski definition) is 0. The molecule has 0 saturated carbocycles. The molecule has 6 nitrogen and oxygen atoms in total. The van der Waals surface area contributed by atoms with Crippen LogP contribution in [-0.2, 0) is 0 Å². The largest absolute Gasteiger partial charge is 0.497 e. The van der Waals surface area contributed by atoms with Gasteiger partial charge in [0.2, 0.25) is 5.78 Å². The lowest BCUT2D eigenvalue weighted by Crippen LogP contribution is -1.97. The fourth-order valence-electron chi connectivity index (χ4n) is 2.31. The van der Waals surface area contributed by atoms with Gasteiger partial charge < -0.3 is 9.47 Å². The molecule has 0 saturated heterocycles. The van der Waals surface area contributed by atoms with E-state index in [1.807, 2.05) is 0 Å². The summed E-state index contributed by atoms with van der Waals surface area (Å²) in [6.45, 7) is 0. The van der Waals surface area contributed by atoms with Crippen molar-refractivity contribution in [2.24, 2.45) is 0 Å². The summed E-state index contributed by atoms with van der Waals surface area (Å²) < 4.78 is 10.8. The Bertz CT molecular complexity index is 951. The molecule has 1 aliphatic heterocycles. The van der Waals surface area contributed by atoms with Gasteiger partial charge in [0.05, 0.1) is 23.7 Å². The number of benzene rings is 1. The van der Waals surface area contributed by atoms with Crippen LogP contribution in [-0.4, -0.2) is 27.8 Å². The highest BCUT2D eigenvalue weighted by Crippen LogP contribution is 2.35. The second-order valence-corrected chi connectivity index (χ2v) is 6.02. The molecule has 0 bridgehead atoms. The second kappa shape index (κ2) is 5.86. The number of carbonyl (C=O) groups is 1. The normalized spacial score (nSPS) is 14.5. The van der Waals surface area contributed by atoms with Crippen molar-refractivity contribution in [1.82, 2.24) is 15.0 Å². The van der Waals surface area contributed by atoms with Crippen LogP contribution in [0.25, 0.3) is 16.8 Å². The van der Waals surface area contributed by atoms with E-state index in [2.05, 4.69) is 15.0 Å². The monoisotopic (exact) mass is 337 g/mol. The van der Waals surface area contributed by atoms with E-state index in [0.29, 0.717) is 22.8 Å². The molecule has 0 unspecified atom stereocenters. The Kier molecular flexibility index (Phi) is 3.55. The number of methoxy groups -OCH3 is 1. The lowest BCUT2D eigenvalue weighted by atomic mass is 10.1. The molecule has 0 radical (unpaired) electrons.